The maximum atomic E-state index is 11.0. The number of carbonyl (C=O) groups is 1. The summed E-state index contributed by atoms with van der Waals surface area (Å²) in [6, 6.07) is 14.6. The van der Waals surface area contributed by atoms with Crippen LogP contribution in [0.15, 0.2) is 42.5 Å². The molecule has 88 valence electrons. The molecule has 0 bridgehead atoms. The van der Waals surface area contributed by atoms with Crippen LogP contribution in [0, 0.1) is 0 Å². The largest absolute Gasteiger partial charge is 0.465 e. The predicted molar refractivity (Wildman–Crippen MR) is 68.9 cm³/mol. The second-order valence-electron chi connectivity index (χ2n) is 4.01. The van der Waals surface area contributed by atoms with E-state index in [9.17, 15) is 4.79 Å². The standard InChI is InChI=1S/C15H16O2/c1-2-15(16)17-10-9-12-7-8-13-5-3-4-6-14(13)11-12/h3-8,11H,2,9-10H2,1H3. The third-order valence-corrected chi connectivity index (χ3v) is 2.76. The number of esters is 1. The zero-order valence-electron chi connectivity index (χ0n) is 9.98. The van der Waals surface area contributed by atoms with Gasteiger partial charge in [-0.3, -0.25) is 4.79 Å². The minimum Gasteiger partial charge on any atom is -0.465 e. The zero-order valence-corrected chi connectivity index (χ0v) is 9.98. The van der Waals surface area contributed by atoms with E-state index in [-0.39, 0.29) is 5.97 Å². The van der Waals surface area contributed by atoms with E-state index in [1.165, 1.54) is 16.3 Å². The summed E-state index contributed by atoms with van der Waals surface area (Å²) < 4.78 is 5.07. The summed E-state index contributed by atoms with van der Waals surface area (Å²) in [6.45, 7) is 2.27. The third-order valence-electron chi connectivity index (χ3n) is 2.76. The summed E-state index contributed by atoms with van der Waals surface area (Å²) in [7, 11) is 0. The van der Waals surface area contributed by atoms with Crippen molar-refractivity contribution in [2.75, 3.05) is 6.61 Å². The van der Waals surface area contributed by atoms with Crippen molar-refractivity contribution < 1.29 is 9.53 Å². The smallest absolute Gasteiger partial charge is 0.305 e. The van der Waals surface area contributed by atoms with E-state index in [0.29, 0.717) is 13.0 Å². The summed E-state index contributed by atoms with van der Waals surface area (Å²) >= 11 is 0. The molecule has 0 unspecified atom stereocenters. The molecule has 0 aromatic heterocycles. The van der Waals surface area contributed by atoms with Crippen LogP contribution in [-0.4, -0.2) is 12.6 Å². The van der Waals surface area contributed by atoms with Gasteiger partial charge < -0.3 is 4.74 Å². The molecule has 2 aromatic carbocycles. The molecule has 2 aromatic rings. The lowest BCUT2D eigenvalue weighted by molar-refractivity contribution is -0.143. The van der Waals surface area contributed by atoms with Crippen LogP contribution in [0.25, 0.3) is 10.8 Å². The number of hydrogen-bond donors (Lipinski definition) is 0. The molecule has 0 amide bonds. The molecule has 17 heavy (non-hydrogen) atoms. The highest BCUT2D eigenvalue weighted by Gasteiger charge is 2.00. The van der Waals surface area contributed by atoms with E-state index >= 15 is 0 Å². The molecule has 0 radical (unpaired) electrons. The van der Waals surface area contributed by atoms with Crippen LogP contribution < -0.4 is 0 Å². The molecule has 0 aliphatic carbocycles. The van der Waals surface area contributed by atoms with Gasteiger partial charge in [-0.05, 0) is 16.3 Å². The van der Waals surface area contributed by atoms with Gasteiger partial charge in [0.05, 0.1) is 6.61 Å². The van der Waals surface area contributed by atoms with Gasteiger partial charge in [-0.1, -0.05) is 49.4 Å². The van der Waals surface area contributed by atoms with Crippen LogP contribution in [-0.2, 0) is 16.0 Å². The highest BCUT2D eigenvalue weighted by Crippen LogP contribution is 2.15. The Morgan fingerprint density at radius 1 is 1.12 bits per heavy atom. The van der Waals surface area contributed by atoms with Crippen LogP contribution in [0.2, 0.25) is 0 Å². The van der Waals surface area contributed by atoms with Crippen molar-refractivity contribution >= 4 is 16.7 Å². The molecule has 0 saturated carbocycles. The average molecular weight is 228 g/mol. The summed E-state index contributed by atoms with van der Waals surface area (Å²) in [4.78, 5) is 11.0. The van der Waals surface area contributed by atoms with Crippen molar-refractivity contribution in [3.05, 3.63) is 48.0 Å². The van der Waals surface area contributed by atoms with Gasteiger partial charge in [0.15, 0.2) is 0 Å². The molecular formula is C15H16O2. The van der Waals surface area contributed by atoms with Gasteiger partial charge in [-0.15, -0.1) is 0 Å². The van der Waals surface area contributed by atoms with E-state index in [1.807, 2.05) is 12.1 Å². The lowest BCUT2D eigenvalue weighted by Gasteiger charge is -2.05. The van der Waals surface area contributed by atoms with Gasteiger partial charge in [-0.2, -0.15) is 0 Å². The Labute approximate surface area is 101 Å². The summed E-state index contributed by atoms with van der Waals surface area (Å²) in [5.41, 5.74) is 1.20. The molecular weight excluding hydrogens is 212 g/mol. The lowest BCUT2D eigenvalue weighted by Crippen LogP contribution is -2.05. The number of benzene rings is 2. The molecule has 0 atom stereocenters. The molecule has 0 saturated heterocycles. The van der Waals surface area contributed by atoms with E-state index in [4.69, 9.17) is 4.74 Å². The second kappa shape index (κ2) is 5.48. The van der Waals surface area contributed by atoms with Crippen molar-refractivity contribution in [1.82, 2.24) is 0 Å². The normalized spacial score (nSPS) is 10.4. The first-order valence-corrected chi connectivity index (χ1v) is 5.93. The second-order valence-corrected chi connectivity index (χ2v) is 4.01. The SMILES string of the molecule is CCC(=O)OCCc1ccc2ccccc2c1. The van der Waals surface area contributed by atoms with Gasteiger partial charge in [-0.25, -0.2) is 0 Å². The first-order valence-electron chi connectivity index (χ1n) is 5.93. The van der Waals surface area contributed by atoms with Crippen molar-refractivity contribution in [1.29, 1.82) is 0 Å². The topological polar surface area (TPSA) is 26.3 Å². The minimum absolute atomic E-state index is 0.134. The maximum absolute atomic E-state index is 11.0. The maximum Gasteiger partial charge on any atom is 0.305 e. The first kappa shape index (κ1) is 11.6. The van der Waals surface area contributed by atoms with Gasteiger partial charge in [0.1, 0.15) is 0 Å². The Balaban J connectivity index is 2.02. The Morgan fingerprint density at radius 3 is 2.65 bits per heavy atom. The van der Waals surface area contributed by atoms with Gasteiger partial charge in [0, 0.05) is 12.8 Å². The Hall–Kier alpha value is -1.83. The fraction of sp³-hybridized carbons (Fsp3) is 0.267. The van der Waals surface area contributed by atoms with Crippen molar-refractivity contribution in [3.8, 4) is 0 Å². The minimum atomic E-state index is -0.134. The third kappa shape index (κ3) is 3.06. The zero-order chi connectivity index (χ0) is 12.1. The molecule has 2 heteroatoms. The van der Waals surface area contributed by atoms with E-state index < -0.39 is 0 Å². The van der Waals surface area contributed by atoms with Crippen LogP contribution in [0.4, 0.5) is 0 Å². The number of rotatable bonds is 4. The number of carbonyl (C=O) groups excluding carboxylic acids is 1. The summed E-state index contributed by atoms with van der Waals surface area (Å²) in [5.74, 6) is -0.134. The lowest BCUT2D eigenvalue weighted by atomic mass is 10.1. The van der Waals surface area contributed by atoms with Crippen molar-refractivity contribution in [2.45, 2.75) is 19.8 Å². The number of hydrogen-bond acceptors (Lipinski definition) is 2. The van der Waals surface area contributed by atoms with Crippen LogP contribution >= 0.6 is 0 Å². The van der Waals surface area contributed by atoms with Gasteiger partial charge in [0.2, 0.25) is 0 Å². The molecule has 0 spiro atoms. The summed E-state index contributed by atoms with van der Waals surface area (Å²) in [5, 5.41) is 2.47. The molecule has 0 heterocycles. The molecule has 0 fully saturated rings. The monoisotopic (exact) mass is 228 g/mol. The summed E-state index contributed by atoms with van der Waals surface area (Å²) in [6.07, 6.45) is 1.22. The van der Waals surface area contributed by atoms with Crippen LogP contribution in [0.5, 0.6) is 0 Å². The number of ether oxygens (including phenoxy) is 1. The van der Waals surface area contributed by atoms with Crippen LogP contribution in [0.3, 0.4) is 0 Å². The van der Waals surface area contributed by atoms with Gasteiger partial charge in [0.25, 0.3) is 0 Å². The predicted octanol–water partition coefficient (Wildman–Crippen LogP) is 3.34. The van der Waals surface area contributed by atoms with Crippen LogP contribution in [0.1, 0.15) is 18.9 Å². The van der Waals surface area contributed by atoms with Crippen molar-refractivity contribution in [2.24, 2.45) is 0 Å². The van der Waals surface area contributed by atoms with E-state index in [0.717, 1.165) is 6.42 Å². The first-order chi connectivity index (χ1) is 8.29. The van der Waals surface area contributed by atoms with E-state index in [1.54, 1.807) is 6.92 Å². The van der Waals surface area contributed by atoms with Gasteiger partial charge >= 0.3 is 5.97 Å². The quantitative estimate of drug-likeness (QED) is 0.750. The molecule has 0 aliphatic heterocycles. The Bertz CT molecular complexity index is 517. The molecule has 2 rings (SSSR count). The highest BCUT2D eigenvalue weighted by molar-refractivity contribution is 5.83. The Kier molecular flexibility index (Phi) is 3.76. The van der Waals surface area contributed by atoms with Crippen molar-refractivity contribution in [3.63, 3.8) is 0 Å². The fourth-order valence-corrected chi connectivity index (χ4v) is 1.78. The average Bonchev–Trinajstić information content (AvgIpc) is 2.38. The van der Waals surface area contributed by atoms with E-state index in [2.05, 4.69) is 30.3 Å². The Morgan fingerprint density at radius 2 is 1.88 bits per heavy atom. The molecule has 2 nitrogen and oxygen atoms in total. The number of fused-ring (bicyclic) bond motifs is 1. The fourth-order valence-electron chi connectivity index (χ4n) is 1.78. The highest BCUT2D eigenvalue weighted by atomic mass is 16.5. The molecule has 0 aliphatic rings. The molecule has 0 N–H and O–H groups in total.